The number of urea groups is 1. The molecule has 4 fully saturated rings. The highest BCUT2D eigenvalue weighted by Crippen LogP contribution is 2.41. The third kappa shape index (κ3) is 7.62. The first-order valence-electron chi connectivity index (χ1n) is 19.7. The molecule has 3 saturated heterocycles. The number of carboxylic acid groups (broad SMARTS) is 2. The fourth-order valence-corrected chi connectivity index (χ4v) is 9.54. The molecule has 19 nitrogen and oxygen atoms in total. The van der Waals surface area contributed by atoms with Crippen LogP contribution < -0.4 is 21.0 Å². The molecule has 61 heavy (non-hydrogen) atoms. The number of fused-ring (bicyclic) bond motifs is 2. The van der Waals surface area contributed by atoms with E-state index in [4.69, 9.17) is 0 Å². The number of hydrogen-bond donors (Lipinski definition) is 5. The van der Waals surface area contributed by atoms with Gasteiger partial charge in [-0.3, -0.25) is 38.7 Å². The van der Waals surface area contributed by atoms with Gasteiger partial charge in [-0.15, -0.1) is 11.8 Å². The number of piperazine rings is 2. The lowest BCUT2D eigenvalue weighted by molar-refractivity contribution is -0.153. The van der Waals surface area contributed by atoms with Gasteiger partial charge >= 0.3 is 29.8 Å². The van der Waals surface area contributed by atoms with Crippen molar-refractivity contribution in [1.82, 2.24) is 34.8 Å². The molecular weight excluding hydrogens is 820 g/mol. The molecule has 3 aromatic rings. The highest BCUT2D eigenvalue weighted by atomic mass is 32.2. The first kappa shape index (κ1) is 41.3. The van der Waals surface area contributed by atoms with Gasteiger partial charge in [0, 0.05) is 75.7 Å². The van der Waals surface area contributed by atoms with Crippen molar-refractivity contribution in [1.29, 1.82) is 0 Å². The number of aliphatic carboxylic acids is 1. The molecule has 3 atom stereocenters. The number of aromatic nitrogens is 1. The number of β-lactam (4-membered cyclic amide) rings is 1. The van der Waals surface area contributed by atoms with Crippen LogP contribution in [-0.4, -0.2) is 151 Å². The van der Waals surface area contributed by atoms with Crippen LogP contribution in [0.1, 0.15) is 47.8 Å². The van der Waals surface area contributed by atoms with Crippen LogP contribution in [0.25, 0.3) is 10.9 Å². The Morgan fingerprint density at radius 1 is 0.918 bits per heavy atom. The number of phenolic OH excluding ortho intramolecular Hbond substituents is 1. The molecular formula is C40H41FN8O11S. The molecule has 4 aliphatic heterocycles. The average Bonchev–Trinajstić information content (AvgIpc) is 4.09. The lowest BCUT2D eigenvalue weighted by atomic mass is 10.0. The molecule has 0 unspecified atom stereocenters. The topological polar surface area (TPSA) is 242 Å². The van der Waals surface area contributed by atoms with Crippen molar-refractivity contribution in [2.24, 2.45) is 0 Å². The van der Waals surface area contributed by atoms with Gasteiger partial charge in [0.1, 0.15) is 40.3 Å². The summed E-state index contributed by atoms with van der Waals surface area (Å²) in [5, 5.41) is 34.1. The number of anilines is 1. The molecule has 5 aliphatic rings. The van der Waals surface area contributed by atoms with Gasteiger partial charge in [0.25, 0.3) is 5.91 Å². The van der Waals surface area contributed by atoms with Gasteiger partial charge in [0.15, 0.2) is 0 Å². The fourth-order valence-electron chi connectivity index (χ4n) is 8.20. The second kappa shape index (κ2) is 16.2. The Morgan fingerprint density at radius 3 is 2.26 bits per heavy atom. The summed E-state index contributed by atoms with van der Waals surface area (Å²) in [5.74, 6) is -6.78. The number of aromatic carboxylic acids is 1. The van der Waals surface area contributed by atoms with Crippen LogP contribution in [0.2, 0.25) is 0 Å². The van der Waals surface area contributed by atoms with Crippen molar-refractivity contribution in [2.75, 3.05) is 63.0 Å². The highest BCUT2D eigenvalue weighted by molar-refractivity contribution is 8.00. The van der Waals surface area contributed by atoms with E-state index in [0.717, 1.165) is 23.8 Å². The Bertz CT molecular complexity index is 2480. The number of nitrogens with one attached hydrogen (secondary N) is 2. The van der Waals surface area contributed by atoms with Crippen LogP contribution in [-0.2, 0) is 24.0 Å². The first-order valence-corrected chi connectivity index (χ1v) is 20.7. The van der Waals surface area contributed by atoms with Gasteiger partial charge in [-0.25, -0.2) is 18.8 Å². The van der Waals surface area contributed by atoms with Crippen molar-refractivity contribution < 1.29 is 53.3 Å². The van der Waals surface area contributed by atoms with Crippen LogP contribution >= 0.6 is 11.8 Å². The predicted molar refractivity (Wildman–Crippen MR) is 215 cm³/mol. The van der Waals surface area contributed by atoms with E-state index in [1.165, 1.54) is 47.1 Å². The number of amides is 6. The maximum absolute atomic E-state index is 15.6. The summed E-state index contributed by atoms with van der Waals surface area (Å²) in [5.41, 5.74) is -0.00766. The number of carboxylic acids is 2. The number of imide groups is 1. The lowest BCUT2D eigenvalue weighted by Gasteiger charge is -2.50. The van der Waals surface area contributed by atoms with Crippen molar-refractivity contribution >= 4 is 70.0 Å². The molecule has 0 bridgehead atoms. The number of likely N-dealkylation sites (N-methyl/N-ethyl adjacent to an activating group) is 1. The van der Waals surface area contributed by atoms with Crippen molar-refractivity contribution in [3.05, 3.63) is 81.0 Å². The van der Waals surface area contributed by atoms with E-state index in [1.807, 2.05) is 9.80 Å². The largest absolute Gasteiger partial charge is 0.508 e. The van der Waals surface area contributed by atoms with E-state index >= 15 is 4.39 Å². The molecule has 1 aliphatic carbocycles. The molecule has 1 aromatic heterocycles. The molecule has 1 saturated carbocycles. The second-order valence-electron chi connectivity index (χ2n) is 15.4. The van der Waals surface area contributed by atoms with Crippen LogP contribution in [0.4, 0.5) is 14.9 Å². The maximum Gasteiger partial charge on any atom is 0.352 e. The number of halogens is 1. The highest BCUT2D eigenvalue weighted by Gasteiger charge is 2.55. The van der Waals surface area contributed by atoms with E-state index in [-0.39, 0.29) is 66.1 Å². The van der Waals surface area contributed by atoms with Crippen molar-refractivity contribution in [2.45, 2.75) is 43.3 Å². The number of rotatable bonds is 11. The predicted octanol–water partition coefficient (Wildman–Crippen LogP) is 0.882. The minimum atomic E-state index is -1.48. The molecule has 2 aromatic carbocycles. The minimum Gasteiger partial charge on any atom is -0.508 e. The molecule has 8 rings (SSSR count). The number of aromatic hydroxyl groups is 1. The summed E-state index contributed by atoms with van der Waals surface area (Å²) in [6, 6.07) is 4.32. The van der Waals surface area contributed by atoms with E-state index in [1.54, 1.807) is 17.6 Å². The number of hydrogen-bond acceptors (Lipinski definition) is 12. The Hall–Kier alpha value is -6.48. The summed E-state index contributed by atoms with van der Waals surface area (Å²) in [4.78, 5) is 110. The van der Waals surface area contributed by atoms with E-state index < -0.39 is 75.9 Å². The number of nitrogens with zero attached hydrogens (tertiary/aromatic N) is 6. The smallest absolute Gasteiger partial charge is 0.352 e. The Morgan fingerprint density at radius 2 is 1.62 bits per heavy atom. The minimum absolute atomic E-state index is 0.00722. The van der Waals surface area contributed by atoms with Gasteiger partial charge in [-0.2, -0.15) is 0 Å². The van der Waals surface area contributed by atoms with E-state index in [2.05, 4.69) is 10.6 Å². The standard InChI is InChI=1S/C40H41FN8O11S/c1-2-45-13-14-47(36(55)35(45)54)40(60)43-29(20-3-7-23(50)8-4-20)33(52)42-30-34(53)49-31(39(58)59)21(19-61-37(30)49)17-44-9-11-46(12-10-44)28-16-27-24(15-26(28)41)32(51)25(38(56)57)18-48(27)22-5-6-22/h3-4,7-8,15-16,18,22,29-30,37,50H,2,5-6,9-14,17,19H2,1H3,(H,42,52)(H,43,60)(H,56,57)(H,58,59)/t29-,30-,37-/m1/s1. The molecule has 21 heteroatoms. The SMILES string of the molecule is CCN1CCN(C(=O)N[C@@H](C(=O)N[C@@H]2C(=O)N3C(C(=O)O)=C(CN4CCN(c5cc6c(cc5F)c(=O)c(C(=O)O)cn6C5CC5)CC4)CS[C@H]23)c2ccc(O)cc2)C(=O)C1=O. The van der Waals surface area contributed by atoms with Gasteiger partial charge in [0.05, 0.1) is 11.2 Å². The maximum atomic E-state index is 15.6. The van der Waals surface area contributed by atoms with Crippen LogP contribution in [0.3, 0.4) is 0 Å². The Kier molecular flexibility index (Phi) is 10.9. The van der Waals surface area contributed by atoms with Crippen LogP contribution in [0.15, 0.2) is 58.7 Å². The fraction of sp³-hybridized carbons (Fsp3) is 0.400. The summed E-state index contributed by atoms with van der Waals surface area (Å²) in [7, 11) is 0. The zero-order valence-corrected chi connectivity index (χ0v) is 33.5. The van der Waals surface area contributed by atoms with Gasteiger partial charge in [0.2, 0.25) is 11.3 Å². The van der Waals surface area contributed by atoms with Crippen LogP contribution in [0.5, 0.6) is 5.75 Å². The van der Waals surface area contributed by atoms with Gasteiger partial charge in [-0.05, 0) is 55.2 Å². The monoisotopic (exact) mass is 860 g/mol. The summed E-state index contributed by atoms with van der Waals surface area (Å²) in [6.45, 7) is 3.65. The zero-order chi connectivity index (χ0) is 43.4. The van der Waals surface area contributed by atoms with Crippen molar-refractivity contribution in [3.63, 3.8) is 0 Å². The number of phenols is 1. The Labute approximate surface area is 350 Å². The van der Waals surface area contributed by atoms with Gasteiger partial charge in [-0.1, -0.05) is 12.1 Å². The summed E-state index contributed by atoms with van der Waals surface area (Å²) < 4.78 is 17.3. The number of benzene rings is 2. The average molecular weight is 861 g/mol. The number of carbonyl (C=O) groups is 7. The van der Waals surface area contributed by atoms with Crippen LogP contribution in [0, 0.1) is 5.82 Å². The zero-order valence-electron chi connectivity index (χ0n) is 32.7. The summed E-state index contributed by atoms with van der Waals surface area (Å²) >= 11 is 1.25. The molecule has 6 amide bonds. The normalized spacial score (nSPS) is 21.3. The Balaban J connectivity index is 0.940. The number of thioether (sulfide) groups is 1. The molecule has 0 radical (unpaired) electrons. The van der Waals surface area contributed by atoms with E-state index in [9.17, 15) is 53.7 Å². The molecule has 320 valence electrons. The lowest BCUT2D eigenvalue weighted by Crippen LogP contribution is -2.71. The number of pyridine rings is 1. The molecule has 5 N–H and O–H groups in total. The second-order valence-corrected chi connectivity index (χ2v) is 16.5. The van der Waals surface area contributed by atoms with Gasteiger partial charge < -0.3 is 40.3 Å². The third-order valence-electron chi connectivity index (χ3n) is 11.6. The third-order valence-corrected chi connectivity index (χ3v) is 13.0. The molecule has 0 spiro atoms. The summed E-state index contributed by atoms with van der Waals surface area (Å²) in [6.07, 6.45) is 2.94. The number of carbonyl (C=O) groups excluding carboxylic acids is 5. The van der Waals surface area contributed by atoms with E-state index in [0.29, 0.717) is 42.2 Å². The molecule has 5 heterocycles. The van der Waals surface area contributed by atoms with Crippen molar-refractivity contribution in [3.8, 4) is 5.75 Å². The first-order chi connectivity index (χ1) is 29.2. The quantitative estimate of drug-likeness (QED) is 0.133.